The number of hydrogen-bond donors (Lipinski definition) is 2. The van der Waals surface area contributed by atoms with Crippen LogP contribution in [0.1, 0.15) is 37.9 Å². The number of carbonyl (C=O) groups is 3. The van der Waals surface area contributed by atoms with Crippen LogP contribution in [0.4, 0.5) is 9.18 Å². The summed E-state index contributed by atoms with van der Waals surface area (Å²) in [4.78, 5) is 43.8. The minimum atomic E-state index is -0.788. The van der Waals surface area contributed by atoms with Crippen LogP contribution < -0.4 is 15.4 Å². The van der Waals surface area contributed by atoms with Gasteiger partial charge in [0.15, 0.2) is 0 Å². The Labute approximate surface area is 238 Å². The number of likely N-dealkylation sites (N-methyl/N-ethyl adjacent to an activating group) is 1. The molecule has 0 saturated heterocycles. The van der Waals surface area contributed by atoms with E-state index >= 15 is 0 Å². The zero-order valence-corrected chi connectivity index (χ0v) is 23.3. The Morgan fingerprint density at radius 2 is 1.76 bits per heavy atom. The van der Waals surface area contributed by atoms with Gasteiger partial charge >= 0.3 is 6.03 Å². The molecule has 0 radical (unpaired) electrons. The first-order valence-corrected chi connectivity index (χ1v) is 13.7. The molecule has 0 fully saturated rings. The van der Waals surface area contributed by atoms with Crippen LogP contribution in [0, 0.1) is 11.7 Å². The predicted octanol–water partition coefficient (Wildman–Crippen LogP) is 5.14. The zero-order chi connectivity index (χ0) is 29.1. The van der Waals surface area contributed by atoms with Gasteiger partial charge in [0.25, 0.3) is 5.91 Å². The summed E-state index contributed by atoms with van der Waals surface area (Å²) < 4.78 is 19.6. The van der Waals surface area contributed by atoms with E-state index in [2.05, 4.69) is 10.6 Å². The van der Waals surface area contributed by atoms with E-state index in [0.29, 0.717) is 40.4 Å². The lowest BCUT2D eigenvalue weighted by molar-refractivity contribution is -0.138. The molecule has 9 heteroatoms. The fraction of sp³-hybridized carbons (Fsp3) is 0.281. The average Bonchev–Trinajstić information content (AvgIpc) is 3.28. The summed E-state index contributed by atoms with van der Waals surface area (Å²) >= 11 is 0. The van der Waals surface area contributed by atoms with Gasteiger partial charge in [-0.3, -0.25) is 14.5 Å². The van der Waals surface area contributed by atoms with Crippen LogP contribution in [-0.4, -0.2) is 46.8 Å². The molecule has 3 aromatic carbocycles. The van der Waals surface area contributed by atoms with Crippen molar-refractivity contribution in [2.45, 2.75) is 39.4 Å². The molecule has 2 aliphatic rings. The van der Waals surface area contributed by atoms with E-state index in [4.69, 9.17) is 4.74 Å². The molecular formula is C32H33FN4O4. The van der Waals surface area contributed by atoms with Crippen molar-refractivity contribution in [3.8, 4) is 11.5 Å². The van der Waals surface area contributed by atoms with Gasteiger partial charge < -0.3 is 20.3 Å². The number of ether oxygens (including phenoxy) is 1. The highest BCUT2D eigenvalue weighted by Gasteiger charge is 2.47. The number of nitrogens with zero attached hydrogens (tertiary/aromatic N) is 2. The molecule has 212 valence electrons. The Hall–Kier alpha value is -4.66. The number of nitrogens with one attached hydrogen (secondary N) is 2. The van der Waals surface area contributed by atoms with Gasteiger partial charge in [0.2, 0.25) is 5.91 Å². The van der Waals surface area contributed by atoms with E-state index in [0.717, 1.165) is 0 Å². The van der Waals surface area contributed by atoms with E-state index in [1.807, 2.05) is 75.4 Å². The van der Waals surface area contributed by atoms with Crippen molar-refractivity contribution in [2.75, 3.05) is 13.1 Å². The molecule has 8 nitrogen and oxygen atoms in total. The van der Waals surface area contributed by atoms with Crippen molar-refractivity contribution in [3.63, 3.8) is 0 Å². The lowest BCUT2D eigenvalue weighted by Crippen LogP contribution is -2.51. The van der Waals surface area contributed by atoms with Gasteiger partial charge in [-0.25, -0.2) is 9.18 Å². The topological polar surface area (TPSA) is 91.0 Å². The zero-order valence-electron chi connectivity index (χ0n) is 23.3. The van der Waals surface area contributed by atoms with Gasteiger partial charge in [-0.2, -0.15) is 0 Å². The second-order valence-electron chi connectivity index (χ2n) is 10.4. The summed E-state index contributed by atoms with van der Waals surface area (Å²) in [7, 11) is 0. The number of urea groups is 1. The van der Waals surface area contributed by atoms with E-state index in [9.17, 15) is 18.8 Å². The molecule has 0 saturated carbocycles. The fourth-order valence-electron chi connectivity index (χ4n) is 5.45. The average molecular weight is 557 g/mol. The molecule has 0 aliphatic carbocycles. The quantitative estimate of drug-likeness (QED) is 0.382. The van der Waals surface area contributed by atoms with E-state index in [1.165, 1.54) is 17.0 Å². The first-order valence-electron chi connectivity index (χ1n) is 13.7. The van der Waals surface area contributed by atoms with Crippen molar-refractivity contribution >= 4 is 17.8 Å². The van der Waals surface area contributed by atoms with Gasteiger partial charge in [0.05, 0.1) is 23.9 Å². The number of amides is 4. The number of carbonyl (C=O) groups excluding carboxylic acids is 3. The van der Waals surface area contributed by atoms with E-state index in [1.54, 1.807) is 17.0 Å². The monoisotopic (exact) mass is 556 g/mol. The molecule has 2 heterocycles. The SMILES string of the molecule is CCN1C(=O)N[C@H](c2cccc(Oc3ccccc3)c2)C2=C1CN([C@@H](C(=O)NCc1cccc(F)c1)C(C)C)C2=O. The van der Waals surface area contributed by atoms with Crippen LogP contribution in [0.25, 0.3) is 0 Å². The third-order valence-electron chi connectivity index (χ3n) is 7.33. The highest BCUT2D eigenvalue weighted by Crippen LogP contribution is 2.39. The maximum absolute atomic E-state index is 14.1. The Bertz CT molecular complexity index is 1490. The number of rotatable bonds is 9. The summed E-state index contributed by atoms with van der Waals surface area (Å²) in [5.41, 5.74) is 2.34. The Kier molecular flexibility index (Phi) is 8.05. The van der Waals surface area contributed by atoms with Crippen LogP contribution in [0.3, 0.4) is 0 Å². The van der Waals surface area contributed by atoms with E-state index < -0.39 is 12.1 Å². The van der Waals surface area contributed by atoms with Gasteiger partial charge in [-0.05, 0) is 60.4 Å². The van der Waals surface area contributed by atoms with Crippen LogP contribution in [-0.2, 0) is 16.1 Å². The maximum atomic E-state index is 14.1. The smallest absolute Gasteiger partial charge is 0.322 e. The molecule has 3 aromatic rings. The summed E-state index contributed by atoms with van der Waals surface area (Å²) in [5, 5.41) is 5.85. The highest BCUT2D eigenvalue weighted by molar-refractivity contribution is 6.03. The standard InChI is InChI=1S/C32H33FN4O4/c1-4-36-26-19-37(29(20(2)3)30(38)34-18-21-10-8-12-23(33)16-21)31(39)27(26)28(35-32(36)40)22-11-9-15-25(17-22)41-24-13-6-5-7-14-24/h5-17,20,28-29H,4,18-19H2,1-3H3,(H,34,38)(H,35,40)/t28-,29-/m1/s1. The van der Waals surface area contributed by atoms with E-state index in [-0.39, 0.29) is 42.7 Å². The largest absolute Gasteiger partial charge is 0.457 e. The van der Waals surface area contributed by atoms with Crippen molar-refractivity contribution < 1.29 is 23.5 Å². The summed E-state index contributed by atoms with van der Waals surface area (Å²) in [5.74, 6) is -0.00635. The Morgan fingerprint density at radius 3 is 2.46 bits per heavy atom. The van der Waals surface area contributed by atoms with Crippen LogP contribution in [0.5, 0.6) is 11.5 Å². The molecule has 5 rings (SSSR count). The molecule has 4 amide bonds. The molecule has 0 unspecified atom stereocenters. The fourth-order valence-corrected chi connectivity index (χ4v) is 5.45. The molecule has 0 aromatic heterocycles. The highest BCUT2D eigenvalue weighted by atomic mass is 19.1. The third kappa shape index (κ3) is 5.79. The summed E-state index contributed by atoms with van der Waals surface area (Å²) in [6.07, 6.45) is 0. The molecule has 0 spiro atoms. The van der Waals surface area contributed by atoms with Crippen molar-refractivity contribution in [2.24, 2.45) is 5.92 Å². The molecule has 2 atom stereocenters. The second-order valence-corrected chi connectivity index (χ2v) is 10.4. The van der Waals surface area contributed by atoms with Crippen LogP contribution in [0.2, 0.25) is 0 Å². The number of halogens is 1. The van der Waals surface area contributed by atoms with Crippen LogP contribution >= 0.6 is 0 Å². The second kappa shape index (κ2) is 11.8. The van der Waals surface area contributed by atoms with Gasteiger partial charge in [-0.15, -0.1) is 0 Å². The van der Waals surface area contributed by atoms with Crippen LogP contribution in [0.15, 0.2) is 90.1 Å². The lowest BCUT2D eigenvalue weighted by Gasteiger charge is -2.33. The number of para-hydroxylation sites is 1. The Balaban J connectivity index is 1.42. The molecule has 41 heavy (non-hydrogen) atoms. The van der Waals surface area contributed by atoms with Crippen molar-refractivity contribution in [1.29, 1.82) is 0 Å². The molecule has 2 N–H and O–H groups in total. The van der Waals surface area contributed by atoms with Crippen molar-refractivity contribution in [3.05, 3.63) is 107 Å². The number of hydrogen-bond acceptors (Lipinski definition) is 4. The van der Waals surface area contributed by atoms with Gasteiger partial charge in [-0.1, -0.05) is 56.3 Å². The Morgan fingerprint density at radius 1 is 1.02 bits per heavy atom. The van der Waals surface area contributed by atoms with Gasteiger partial charge in [0.1, 0.15) is 23.4 Å². The third-order valence-corrected chi connectivity index (χ3v) is 7.33. The molecule has 0 bridgehead atoms. The molecule has 2 aliphatic heterocycles. The first-order chi connectivity index (χ1) is 19.8. The summed E-state index contributed by atoms with van der Waals surface area (Å²) in [6.45, 7) is 6.22. The maximum Gasteiger partial charge on any atom is 0.322 e. The normalized spacial score (nSPS) is 17.4. The predicted molar refractivity (Wildman–Crippen MR) is 152 cm³/mol. The van der Waals surface area contributed by atoms with Gasteiger partial charge in [0, 0.05) is 13.1 Å². The summed E-state index contributed by atoms with van der Waals surface area (Å²) in [6, 6.07) is 20.9. The first kappa shape index (κ1) is 27.9. The molecular weight excluding hydrogens is 523 g/mol. The lowest BCUT2D eigenvalue weighted by atomic mass is 9.95. The minimum absolute atomic E-state index is 0.127. The number of benzene rings is 3. The van der Waals surface area contributed by atoms with Crippen molar-refractivity contribution in [1.82, 2.24) is 20.4 Å². The minimum Gasteiger partial charge on any atom is -0.457 e.